The summed E-state index contributed by atoms with van der Waals surface area (Å²) in [6, 6.07) is 0. The third-order valence-electron chi connectivity index (χ3n) is 2.40. The summed E-state index contributed by atoms with van der Waals surface area (Å²) in [5.41, 5.74) is 2.03. The number of rotatable bonds is 6. The number of imidazole rings is 1. The molecular weight excluding hydrogens is 204 g/mol. The van der Waals surface area contributed by atoms with Crippen molar-refractivity contribution in [2.45, 2.75) is 13.0 Å². The molecule has 86 valence electrons. The number of methoxy groups -OCH3 is 1. The van der Waals surface area contributed by atoms with Crippen LogP contribution in [-0.2, 0) is 11.3 Å². The van der Waals surface area contributed by atoms with Crippen LogP contribution in [0.15, 0.2) is 24.8 Å². The molecule has 2 aromatic heterocycles. The minimum absolute atomic E-state index is 0.796. The van der Waals surface area contributed by atoms with Crippen LogP contribution in [0.1, 0.15) is 12.1 Å². The first kappa shape index (κ1) is 11.0. The number of hydrogen-bond donors (Lipinski definition) is 1. The Balaban J connectivity index is 1.89. The lowest BCUT2D eigenvalue weighted by atomic mass is 10.4. The number of nitrogens with zero attached hydrogens (tertiary/aromatic N) is 3. The zero-order valence-electron chi connectivity index (χ0n) is 9.39. The highest BCUT2D eigenvalue weighted by molar-refractivity contribution is 5.36. The molecule has 0 aliphatic rings. The summed E-state index contributed by atoms with van der Waals surface area (Å²) in [6.07, 6.45) is 8.35. The molecule has 16 heavy (non-hydrogen) atoms. The van der Waals surface area contributed by atoms with Gasteiger partial charge < -0.3 is 10.1 Å². The van der Waals surface area contributed by atoms with E-state index in [4.69, 9.17) is 4.74 Å². The molecule has 0 radical (unpaired) electrons. The van der Waals surface area contributed by atoms with Gasteiger partial charge in [-0.1, -0.05) is 0 Å². The van der Waals surface area contributed by atoms with Crippen molar-refractivity contribution in [3.63, 3.8) is 0 Å². The van der Waals surface area contributed by atoms with E-state index in [9.17, 15) is 0 Å². The molecule has 0 saturated heterocycles. The molecule has 2 aromatic rings. The molecule has 0 aromatic carbocycles. The first-order valence-corrected chi connectivity index (χ1v) is 5.37. The van der Waals surface area contributed by atoms with Gasteiger partial charge in [0.05, 0.1) is 18.1 Å². The molecule has 0 amide bonds. The number of aromatic nitrogens is 3. The molecule has 5 heteroatoms. The van der Waals surface area contributed by atoms with Crippen molar-refractivity contribution >= 4 is 5.65 Å². The summed E-state index contributed by atoms with van der Waals surface area (Å²) >= 11 is 0. The predicted octanol–water partition coefficient (Wildman–Crippen LogP) is 0.855. The quantitative estimate of drug-likeness (QED) is 0.733. The van der Waals surface area contributed by atoms with Crippen LogP contribution in [0.3, 0.4) is 0 Å². The van der Waals surface area contributed by atoms with Gasteiger partial charge in [-0.25, -0.2) is 4.98 Å². The summed E-state index contributed by atoms with van der Waals surface area (Å²) in [6.45, 7) is 2.56. The van der Waals surface area contributed by atoms with Crippen LogP contribution < -0.4 is 5.32 Å². The summed E-state index contributed by atoms with van der Waals surface area (Å²) in [7, 11) is 1.72. The predicted molar refractivity (Wildman–Crippen MR) is 61.2 cm³/mol. The van der Waals surface area contributed by atoms with Crippen molar-refractivity contribution < 1.29 is 4.74 Å². The molecule has 0 aliphatic heterocycles. The van der Waals surface area contributed by atoms with Crippen LogP contribution in [0.25, 0.3) is 5.65 Å². The highest BCUT2D eigenvalue weighted by atomic mass is 16.5. The Bertz CT molecular complexity index is 440. The lowest BCUT2D eigenvalue weighted by molar-refractivity contribution is 0.194. The maximum absolute atomic E-state index is 4.98. The highest BCUT2D eigenvalue weighted by Crippen LogP contribution is 2.03. The van der Waals surface area contributed by atoms with E-state index in [2.05, 4.69) is 15.3 Å². The first-order chi connectivity index (χ1) is 7.92. The van der Waals surface area contributed by atoms with Crippen LogP contribution in [0.2, 0.25) is 0 Å². The number of fused-ring (bicyclic) bond motifs is 1. The van der Waals surface area contributed by atoms with Crippen molar-refractivity contribution in [3.8, 4) is 0 Å². The Labute approximate surface area is 94.5 Å². The second-order valence-electron chi connectivity index (χ2n) is 3.58. The molecule has 0 bridgehead atoms. The maximum atomic E-state index is 4.98. The van der Waals surface area contributed by atoms with E-state index in [1.807, 2.05) is 16.8 Å². The second kappa shape index (κ2) is 5.58. The fourth-order valence-electron chi connectivity index (χ4n) is 1.58. The molecular formula is C11H16N4O. The van der Waals surface area contributed by atoms with Crippen LogP contribution in [0.5, 0.6) is 0 Å². The third-order valence-corrected chi connectivity index (χ3v) is 2.40. The minimum Gasteiger partial charge on any atom is -0.385 e. The highest BCUT2D eigenvalue weighted by Gasteiger charge is 2.01. The van der Waals surface area contributed by atoms with Crippen LogP contribution in [0, 0.1) is 0 Å². The van der Waals surface area contributed by atoms with Gasteiger partial charge in [0.25, 0.3) is 0 Å². The van der Waals surface area contributed by atoms with Crippen LogP contribution in [0.4, 0.5) is 0 Å². The molecule has 0 unspecified atom stereocenters. The molecule has 0 atom stereocenters. The summed E-state index contributed by atoms with van der Waals surface area (Å²) in [4.78, 5) is 8.30. The van der Waals surface area contributed by atoms with Crippen molar-refractivity contribution in [2.75, 3.05) is 20.3 Å². The third kappa shape index (κ3) is 2.56. The maximum Gasteiger partial charge on any atom is 0.155 e. The smallest absolute Gasteiger partial charge is 0.155 e. The van der Waals surface area contributed by atoms with E-state index in [0.29, 0.717) is 0 Å². The number of ether oxygens (including phenoxy) is 1. The second-order valence-corrected chi connectivity index (χ2v) is 3.58. The van der Waals surface area contributed by atoms with E-state index in [1.54, 1.807) is 19.5 Å². The Morgan fingerprint density at radius 3 is 3.25 bits per heavy atom. The molecule has 5 nitrogen and oxygen atoms in total. The molecule has 2 rings (SSSR count). The van der Waals surface area contributed by atoms with E-state index in [-0.39, 0.29) is 0 Å². The van der Waals surface area contributed by atoms with Gasteiger partial charge in [-0.05, 0) is 13.0 Å². The largest absolute Gasteiger partial charge is 0.385 e. The Morgan fingerprint density at radius 2 is 2.38 bits per heavy atom. The topological polar surface area (TPSA) is 51.5 Å². The van der Waals surface area contributed by atoms with Crippen LogP contribution >= 0.6 is 0 Å². The SMILES string of the molecule is COCCCNCc1cnc2cnccn12. The lowest BCUT2D eigenvalue weighted by Crippen LogP contribution is -2.17. The summed E-state index contributed by atoms with van der Waals surface area (Å²) in [5, 5.41) is 3.35. The summed E-state index contributed by atoms with van der Waals surface area (Å²) < 4.78 is 7.02. The van der Waals surface area contributed by atoms with Gasteiger partial charge in [0.15, 0.2) is 5.65 Å². The van der Waals surface area contributed by atoms with Gasteiger partial charge in [0.1, 0.15) is 0 Å². The zero-order valence-corrected chi connectivity index (χ0v) is 9.39. The Morgan fingerprint density at radius 1 is 1.44 bits per heavy atom. The standard InChI is InChI=1S/C11H16N4O/c1-16-6-2-3-12-7-10-8-14-11-9-13-4-5-15(10)11/h4-5,8-9,12H,2-3,6-7H2,1H3. The van der Waals surface area contributed by atoms with Crippen molar-refractivity contribution in [1.29, 1.82) is 0 Å². The fraction of sp³-hybridized carbons (Fsp3) is 0.455. The van der Waals surface area contributed by atoms with Crippen molar-refractivity contribution in [3.05, 3.63) is 30.5 Å². The molecule has 2 heterocycles. The van der Waals surface area contributed by atoms with Gasteiger partial charge >= 0.3 is 0 Å². The van der Waals surface area contributed by atoms with Gasteiger partial charge in [0, 0.05) is 32.7 Å². The van der Waals surface area contributed by atoms with E-state index in [1.165, 1.54) is 0 Å². The lowest BCUT2D eigenvalue weighted by Gasteiger charge is -2.04. The zero-order chi connectivity index (χ0) is 11.2. The van der Waals surface area contributed by atoms with Crippen molar-refractivity contribution in [2.24, 2.45) is 0 Å². The van der Waals surface area contributed by atoms with Gasteiger partial charge in [0.2, 0.25) is 0 Å². The van der Waals surface area contributed by atoms with Gasteiger partial charge in [-0.3, -0.25) is 9.38 Å². The van der Waals surface area contributed by atoms with Gasteiger partial charge in [-0.15, -0.1) is 0 Å². The van der Waals surface area contributed by atoms with Crippen LogP contribution in [-0.4, -0.2) is 34.6 Å². The normalized spacial score (nSPS) is 11.1. The molecule has 1 N–H and O–H groups in total. The summed E-state index contributed by atoms with van der Waals surface area (Å²) in [5.74, 6) is 0. The fourth-order valence-corrected chi connectivity index (χ4v) is 1.58. The molecule has 0 fully saturated rings. The average Bonchev–Trinajstić information content (AvgIpc) is 2.73. The molecule has 0 spiro atoms. The Hall–Kier alpha value is -1.46. The van der Waals surface area contributed by atoms with E-state index >= 15 is 0 Å². The van der Waals surface area contributed by atoms with Gasteiger partial charge in [-0.2, -0.15) is 0 Å². The molecule has 0 aliphatic carbocycles. The van der Waals surface area contributed by atoms with Crippen molar-refractivity contribution in [1.82, 2.24) is 19.7 Å². The van der Waals surface area contributed by atoms with E-state index < -0.39 is 0 Å². The first-order valence-electron chi connectivity index (χ1n) is 5.37. The average molecular weight is 220 g/mol. The van der Waals surface area contributed by atoms with E-state index in [0.717, 1.165) is 37.5 Å². The Kier molecular flexibility index (Phi) is 3.85. The molecule has 0 saturated carbocycles. The minimum atomic E-state index is 0.796. The number of hydrogen-bond acceptors (Lipinski definition) is 4. The number of nitrogens with one attached hydrogen (secondary N) is 1. The monoisotopic (exact) mass is 220 g/mol.